The number of imidazole rings is 1. The Morgan fingerprint density at radius 2 is 1.04 bits per heavy atom. The highest BCUT2D eigenvalue weighted by molar-refractivity contribution is 5.94. The molecule has 3 aromatic heterocycles. The zero-order chi connectivity index (χ0) is 36.9. The van der Waals surface area contributed by atoms with Crippen LogP contribution in [0.15, 0.2) is 182 Å². The molecular weight excluding hydrogens is 597 g/mol. The lowest BCUT2D eigenvalue weighted by Crippen LogP contribution is -1.96. The van der Waals surface area contributed by atoms with E-state index < -0.39 is 18.1 Å². The molecule has 0 unspecified atom stereocenters. The Morgan fingerprint density at radius 3 is 1.84 bits per heavy atom. The Kier molecular flexibility index (Phi) is 5.87. The molecule has 0 amide bonds. The molecule has 0 atom stereocenters. The molecule has 4 heteroatoms. The lowest BCUT2D eigenvalue weighted by atomic mass is 9.94. The molecule has 0 saturated heterocycles. The first kappa shape index (κ1) is 23.6. The smallest absolute Gasteiger partial charge is 0.160 e. The van der Waals surface area contributed by atoms with Crippen molar-refractivity contribution >= 4 is 16.6 Å². The minimum Gasteiger partial charge on any atom is -0.299 e. The predicted octanol–water partition coefficient (Wildman–Crippen LogP) is 11.3. The van der Waals surface area contributed by atoms with Gasteiger partial charge in [-0.25, -0.2) is 15.0 Å². The van der Waals surface area contributed by atoms with Gasteiger partial charge < -0.3 is 0 Å². The second-order valence-corrected chi connectivity index (χ2v) is 11.8. The standard InChI is InChI=1S/C45H30N4/c1-4-15-31(16-5-1)36-28-37(30-38(29-36)45-46-40-24-11-10-23-39(40)42(48-45)32-17-6-2-7-18-32)34-21-14-22-35(27-34)44-43(33-19-8-3-9-20-33)47-41-25-12-13-26-49(41)44/h1-30H/i1D,4D,5D,15D,16D. The average Bonchev–Trinajstić information content (AvgIpc) is 3.62. The fraction of sp³-hybridized carbons (Fsp3) is 0. The molecule has 0 aliphatic carbocycles. The van der Waals surface area contributed by atoms with Gasteiger partial charge in [-0.05, 0) is 64.7 Å². The van der Waals surface area contributed by atoms with Crippen LogP contribution in [0, 0.1) is 0 Å². The van der Waals surface area contributed by atoms with E-state index in [9.17, 15) is 0 Å². The monoisotopic (exact) mass is 631 g/mol. The quantitative estimate of drug-likeness (QED) is 0.183. The lowest BCUT2D eigenvalue weighted by Gasteiger charge is -2.14. The highest BCUT2D eigenvalue weighted by Crippen LogP contribution is 2.38. The summed E-state index contributed by atoms with van der Waals surface area (Å²) in [5, 5.41) is 0.907. The summed E-state index contributed by atoms with van der Waals surface area (Å²) >= 11 is 0. The van der Waals surface area contributed by atoms with Gasteiger partial charge in [0.15, 0.2) is 5.82 Å². The van der Waals surface area contributed by atoms with Crippen LogP contribution >= 0.6 is 0 Å². The number of benzene rings is 6. The second kappa shape index (κ2) is 12.2. The Hall–Kier alpha value is -6.65. The summed E-state index contributed by atoms with van der Waals surface area (Å²) < 4.78 is 45.0. The number of rotatable bonds is 6. The van der Waals surface area contributed by atoms with E-state index >= 15 is 0 Å². The molecule has 4 nitrogen and oxygen atoms in total. The molecule has 0 aliphatic heterocycles. The van der Waals surface area contributed by atoms with Crippen molar-refractivity contribution in [3.8, 4) is 67.4 Å². The van der Waals surface area contributed by atoms with Crippen LogP contribution in [-0.4, -0.2) is 19.4 Å². The number of pyridine rings is 1. The maximum Gasteiger partial charge on any atom is 0.160 e. The van der Waals surface area contributed by atoms with Gasteiger partial charge in [0.25, 0.3) is 0 Å². The van der Waals surface area contributed by atoms with Crippen LogP contribution in [0.5, 0.6) is 0 Å². The first-order chi connectivity index (χ1) is 26.4. The summed E-state index contributed by atoms with van der Waals surface area (Å²) in [4.78, 5) is 15.2. The van der Waals surface area contributed by atoms with Crippen LogP contribution in [0.4, 0.5) is 0 Å². The molecule has 0 saturated carbocycles. The summed E-state index contributed by atoms with van der Waals surface area (Å²) in [5.74, 6) is 0.451. The summed E-state index contributed by atoms with van der Waals surface area (Å²) in [5.41, 5.74) is 9.86. The summed E-state index contributed by atoms with van der Waals surface area (Å²) in [6.45, 7) is 0. The molecule has 0 fully saturated rings. The van der Waals surface area contributed by atoms with Gasteiger partial charge in [-0.15, -0.1) is 0 Å². The highest BCUT2D eigenvalue weighted by Gasteiger charge is 2.18. The molecule has 6 aromatic carbocycles. The van der Waals surface area contributed by atoms with Gasteiger partial charge in [0.05, 0.1) is 29.5 Å². The maximum atomic E-state index is 8.87. The Labute approximate surface area is 291 Å². The predicted molar refractivity (Wildman–Crippen MR) is 201 cm³/mol. The van der Waals surface area contributed by atoms with Crippen molar-refractivity contribution in [1.29, 1.82) is 0 Å². The van der Waals surface area contributed by atoms with Crippen molar-refractivity contribution in [2.24, 2.45) is 0 Å². The van der Waals surface area contributed by atoms with Crippen molar-refractivity contribution in [1.82, 2.24) is 19.4 Å². The van der Waals surface area contributed by atoms with Gasteiger partial charge in [0, 0.05) is 33.8 Å². The minimum absolute atomic E-state index is 0.109. The van der Waals surface area contributed by atoms with Crippen molar-refractivity contribution in [2.75, 3.05) is 0 Å². The molecule has 0 N–H and O–H groups in total. The molecule has 9 rings (SSSR count). The van der Waals surface area contributed by atoms with E-state index in [0.29, 0.717) is 17.0 Å². The van der Waals surface area contributed by atoms with Crippen LogP contribution in [-0.2, 0) is 0 Å². The zero-order valence-corrected chi connectivity index (χ0v) is 26.2. The Bertz CT molecular complexity index is 2860. The van der Waals surface area contributed by atoms with Crippen LogP contribution in [0.2, 0.25) is 0 Å². The van der Waals surface area contributed by atoms with Crippen LogP contribution < -0.4 is 0 Å². The molecule has 230 valence electrons. The van der Waals surface area contributed by atoms with E-state index in [4.69, 9.17) is 21.8 Å². The number of nitrogens with zero attached hydrogens (tertiary/aromatic N) is 4. The van der Waals surface area contributed by atoms with Gasteiger partial charge in [-0.1, -0.05) is 133 Å². The van der Waals surface area contributed by atoms with Gasteiger partial charge in [-0.3, -0.25) is 4.40 Å². The third-order valence-corrected chi connectivity index (χ3v) is 8.68. The molecule has 0 spiro atoms. The SMILES string of the molecule is [2H]c1c([2H])c([2H])c(-c2cc(-c3cccc(-c4c(-c5ccccc5)nc5ccccn45)c3)cc(-c3nc(-c4ccccc4)c4ccccc4n3)c2)c([2H])c1[2H]. The number of para-hydroxylation sites is 1. The van der Waals surface area contributed by atoms with Crippen LogP contribution in [0.1, 0.15) is 6.85 Å². The molecule has 0 radical (unpaired) electrons. The maximum absolute atomic E-state index is 8.87. The molecule has 0 aliphatic rings. The van der Waals surface area contributed by atoms with E-state index in [2.05, 4.69) is 28.7 Å². The molecular formula is C45H30N4. The van der Waals surface area contributed by atoms with E-state index in [1.54, 1.807) is 0 Å². The van der Waals surface area contributed by atoms with Crippen LogP contribution in [0.25, 0.3) is 84.0 Å². The number of fused-ring (bicyclic) bond motifs is 2. The van der Waals surface area contributed by atoms with E-state index in [0.717, 1.165) is 61.4 Å². The third kappa shape index (κ3) is 5.35. The van der Waals surface area contributed by atoms with Crippen molar-refractivity contribution in [3.63, 3.8) is 0 Å². The first-order valence-electron chi connectivity index (χ1n) is 18.5. The lowest BCUT2D eigenvalue weighted by molar-refractivity contribution is 1.19. The Morgan fingerprint density at radius 1 is 0.429 bits per heavy atom. The fourth-order valence-corrected chi connectivity index (χ4v) is 6.40. The van der Waals surface area contributed by atoms with Gasteiger partial charge in [0.1, 0.15) is 5.65 Å². The molecule has 0 bridgehead atoms. The highest BCUT2D eigenvalue weighted by atomic mass is 15.0. The summed E-state index contributed by atoms with van der Waals surface area (Å²) in [6.07, 6.45) is 2.01. The van der Waals surface area contributed by atoms with Crippen molar-refractivity contribution < 1.29 is 6.85 Å². The van der Waals surface area contributed by atoms with E-state index in [1.165, 1.54) is 0 Å². The normalized spacial score (nSPS) is 12.7. The summed E-state index contributed by atoms with van der Waals surface area (Å²) in [6, 6.07) is 46.0. The van der Waals surface area contributed by atoms with Gasteiger partial charge in [-0.2, -0.15) is 0 Å². The third-order valence-electron chi connectivity index (χ3n) is 8.68. The number of hydrogen-bond acceptors (Lipinski definition) is 3. The van der Waals surface area contributed by atoms with Gasteiger partial charge in [0.2, 0.25) is 0 Å². The first-order valence-corrected chi connectivity index (χ1v) is 16.0. The molecule has 9 aromatic rings. The van der Waals surface area contributed by atoms with Gasteiger partial charge >= 0.3 is 0 Å². The van der Waals surface area contributed by atoms with E-state index in [-0.39, 0.29) is 17.6 Å². The summed E-state index contributed by atoms with van der Waals surface area (Å²) in [7, 11) is 0. The topological polar surface area (TPSA) is 43.1 Å². The molecule has 3 heterocycles. The molecule has 49 heavy (non-hydrogen) atoms. The van der Waals surface area contributed by atoms with Crippen molar-refractivity contribution in [3.05, 3.63) is 182 Å². The number of aromatic nitrogens is 4. The largest absolute Gasteiger partial charge is 0.299 e. The second-order valence-electron chi connectivity index (χ2n) is 11.8. The van der Waals surface area contributed by atoms with Crippen molar-refractivity contribution in [2.45, 2.75) is 0 Å². The average molecular weight is 632 g/mol. The number of hydrogen-bond donors (Lipinski definition) is 0. The zero-order valence-electron chi connectivity index (χ0n) is 31.2. The van der Waals surface area contributed by atoms with Crippen LogP contribution in [0.3, 0.4) is 0 Å². The van der Waals surface area contributed by atoms with E-state index in [1.807, 2.05) is 128 Å². The Balaban J connectivity index is 1.29. The fourth-order valence-electron chi connectivity index (χ4n) is 6.40. The minimum atomic E-state index is -0.439.